The topological polar surface area (TPSA) is 16.1 Å². The predicted octanol–water partition coefficient (Wildman–Crippen LogP) is 3.42. The fraction of sp³-hybridized carbons (Fsp3) is 0.267. The number of benzene rings is 1. The van der Waals surface area contributed by atoms with Crippen molar-refractivity contribution in [2.45, 2.75) is 18.9 Å². The molecule has 1 atom stereocenters. The highest BCUT2D eigenvalue weighted by molar-refractivity contribution is 5.49. The lowest BCUT2D eigenvalue weighted by Gasteiger charge is -2.27. The highest BCUT2D eigenvalue weighted by atomic mass is 15.2. The molecule has 0 spiro atoms. The summed E-state index contributed by atoms with van der Waals surface area (Å²) >= 11 is 0. The van der Waals surface area contributed by atoms with E-state index in [1.54, 1.807) is 0 Å². The van der Waals surface area contributed by atoms with Crippen LogP contribution in [0.1, 0.15) is 24.4 Å². The second kappa shape index (κ2) is 4.58. The van der Waals surface area contributed by atoms with Crippen LogP contribution >= 0.6 is 0 Å². The molecule has 86 valence electrons. The van der Waals surface area contributed by atoms with Gasteiger partial charge in [0.2, 0.25) is 0 Å². The summed E-state index contributed by atoms with van der Waals surface area (Å²) in [7, 11) is 0. The molecule has 2 aromatic rings. The van der Waals surface area contributed by atoms with Crippen LogP contribution in [0.25, 0.3) is 0 Å². The summed E-state index contributed by atoms with van der Waals surface area (Å²) in [5, 5.41) is 0. The van der Waals surface area contributed by atoms with Crippen LogP contribution < -0.4 is 4.90 Å². The Morgan fingerprint density at radius 3 is 2.53 bits per heavy atom. The fourth-order valence-electron chi connectivity index (χ4n) is 2.63. The van der Waals surface area contributed by atoms with E-state index in [-0.39, 0.29) is 0 Å². The monoisotopic (exact) mass is 224 g/mol. The van der Waals surface area contributed by atoms with Gasteiger partial charge in [-0.1, -0.05) is 18.2 Å². The molecule has 0 radical (unpaired) electrons. The molecule has 0 aliphatic carbocycles. The molecule has 1 saturated heterocycles. The molecule has 0 N–H and O–H groups in total. The van der Waals surface area contributed by atoms with Crippen molar-refractivity contribution < 1.29 is 0 Å². The average Bonchev–Trinajstić information content (AvgIpc) is 2.90. The molecule has 1 aliphatic heterocycles. The molecule has 2 heteroatoms. The van der Waals surface area contributed by atoms with Gasteiger partial charge >= 0.3 is 0 Å². The first-order valence-corrected chi connectivity index (χ1v) is 6.17. The van der Waals surface area contributed by atoms with E-state index in [1.807, 2.05) is 12.4 Å². The quantitative estimate of drug-likeness (QED) is 0.777. The number of aromatic nitrogens is 1. The van der Waals surface area contributed by atoms with Crippen molar-refractivity contribution in [1.29, 1.82) is 0 Å². The molecule has 2 heterocycles. The smallest absolute Gasteiger partial charge is 0.0544 e. The molecule has 0 amide bonds. The second-order valence-electron chi connectivity index (χ2n) is 4.47. The van der Waals surface area contributed by atoms with Crippen LogP contribution in [-0.4, -0.2) is 11.5 Å². The van der Waals surface area contributed by atoms with Gasteiger partial charge in [0.1, 0.15) is 0 Å². The van der Waals surface area contributed by atoms with Crippen LogP contribution in [0.5, 0.6) is 0 Å². The third-order valence-corrected chi connectivity index (χ3v) is 3.43. The minimum Gasteiger partial charge on any atom is -0.364 e. The van der Waals surface area contributed by atoms with Gasteiger partial charge in [-0.05, 0) is 42.7 Å². The standard InChI is InChI=1S/C15H16N2/c1-2-5-14(6-3-1)17-12-4-7-15(17)13-8-10-16-11-9-13/h1-3,5-6,8-11,15H,4,7,12H2. The molecule has 1 unspecified atom stereocenters. The van der Waals surface area contributed by atoms with Gasteiger partial charge in [0.25, 0.3) is 0 Å². The van der Waals surface area contributed by atoms with Crippen LogP contribution in [0.3, 0.4) is 0 Å². The minimum atomic E-state index is 0.514. The number of hydrogen-bond acceptors (Lipinski definition) is 2. The van der Waals surface area contributed by atoms with E-state index < -0.39 is 0 Å². The lowest BCUT2D eigenvalue weighted by molar-refractivity contribution is 0.718. The minimum absolute atomic E-state index is 0.514. The highest BCUT2D eigenvalue weighted by Crippen LogP contribution is 2.35. The Morgan fingerprint density at radius 2 is 1.76 bits per heavy atom. The van der Waals surface area contributed by atoms with Crippen molar-refractivity contribution in [3.8, 4) is 0 Å². The van der Waals surface area contributed by atoms with Gasteiger partial charge in [0.15, 0.2) is 0 Å². The van der Waals surface area contributed by atoms with E-state index in [9.17, 15) is 0 Å². The number of nitrogens with zero attached hydrogens (tertiary/aromatic N) is 2. The van der Waals surface area contributed by atoms with Crippen LogP contribution in [0.2, 0.25) is 0 Å². The number of anilines is 1. The summed E-state index contributed by atoms with van der Waals surface area (Å²) in [4.78, 5) is 6.59. The van der Waals surface area contributed by atoms with E-state index in [4.69, 9.17) is 0 Å². The van der Waals surface area contributed by atoms with E-state index in [1.165, 1.54) is 24.1 Å². The van der Waals surface area contributed by atoms with Crippen molar-refractivity contribution >= 4 is 5.69 Å². The number of hydrogen-bond donors (Lipinski definition) is 0. The third kappa shape index (κ3) is 2.03. The Hall–Kier alpha value is -1.83. The summed E-state index contributed by atoms with van der Waals surface area (Å²) in [6.07, 6.45) is 6.27. The number of rotatable bonds is 2. The molecule has 2 nitrogen and oxygen atoms in total. The Bertz CT molecular complexity index is 421. The summed E-state index contributed by atoms with van der Waals surface area (Å²) in [6.45, 7) is 1.15. The molecule has 1 aliphatic rings. The summed E-state index contributed by atoms with van der Waals surface area (Å²) in [5.74, 6) is 0. The number of pyridine rings is 1. The number of para-hydroxylation sites is 1. The van der Waals surface area contributed by atoms with E-state index in [2.05, 4.69) is 52.3 Å². The lowest BCUT2D eigenvalue weighted by Crippen LogP contribution is -2.22. The summed E-state index contributed by atoms with van der Waals surface area (Å²) < 4.78 is 0. The largest absolute Gasteiger partial charge is 0.364 e. The molecule has 1 aromatic carbocycles. The van der Waals surface area contributed by atoms with Gasteiger partial charge in [-0.2, -0.15) is 0 Å². The molecule has 17 heavy (non-hydrogen) atoms. The van der Waals surface area contributed by atoms with Gasteiger partial charge < -0.3 is 4.90 Å². The van der Waals surface area contributed by atoms with Crippen molar-refractivity contribution in [2.75, 3.05) is 11.4 Å². The van der Waals surface area contributed by atoms with Gasteiger partial charge in [0, 0.05) is 24.6 Å². The van der Waals surface area contributed by atoms with Crippen LogP contribution in [0.15, 0.2) is 54.9 Å². The highest BCUT2D eigenvalue weighted by Gasteiger charge is 2.25. The SMILES string of the molecule is c1ccc(N2CCCC2c2ccncc2)cc1. The molecule has 1 aromatic heterocycles. The first-order valence-electron chi connectivity index (χ1n) is 6.17. The molecular formula is C15H16N2. The molecule has 0 bridgehead atoms. The zero-order valence-electron chi connectivity index (χ0n) is 9.79. The van der Waals surface area contributed by atoms with Gasteiger partial charge in [-0.15, -0.1) is 0 Å². The second-order valence-corrected chi connectivity index (χ2v) is 4.47. The van der Waals surface area contributed by atoms with Crippen molar-refractivity contribution in [3.05, 3.63) is 60.4 Å². The van der Waals surface area contributed by atoms with Crippen molar-refractivity contribution in [2.24, 2.45) is 0 Å². The third-order valence-electron chi connectivity index (χ3n) is 3.43. The maximum atomic E-state index is 4.10. The van der Waals surface area contributed by atoms with Crippen LogP contribution in [0.4, 0.5) is 5.69 Å². The van der Waals surface area contributed by atoms with Gasteiger partial charge in [-0.3, -0.25) is 4.98 Å². The zero-order valence-corrected chi connectivity index (χ0v) is 9.79. The van der Waals surface area contributed by atoms with E-state index >= 15 is 0 Å². The Kier molecular flexibility index (Phi) is 2.78. The molecule has 1 fully saturated rings. The summed E-state index contributed by atoms with van der Waals surface area (Å²) in [5.41, 5.74) is 2.70. The Labute approximate surface area is 102 Å². The van der Waals surface area contributed by atoms with Gasteiger partial charge in [-0.25, -0.2) is 0 Å². The van der Waals surface area contributed by atoms with E-state index in [0.717, 1.165) is 6.54 Å². The lowest BCUT2D eigenvalue weighted by atomic mass is 10.1. The maximum Gasteiger partial charge on any atom is 0.0544 e. The molecule has 3 rings (SSSR count). The van der Waals surface area contributed by atoms with Crippen molar-refractivity contribution in [1.82, 2.24) is 4.98 Å². The van der Waals surface area contributed by atoms with Crippen LogP contribution in [0, 0.1) is 0 Å². The Balaban J connectivity index is 1.91. The van der Waals surface area contributed by atoms with Gasteiger partial charge in [0.05, 0.1) is 6.04 Å². The fourth-order valence-corrected chi connectivity index (χ4v) is 2.63. The summed E-state index contributed by atoms with van der Waals surface area (Å²) in [6, 6.07) is 15.5. The van der Waals surface area contributed by atoms with E-state index in [0.29, 0.717) is 6.04 Å². The Morgan fingerprint density at radius 1 is 1.00 bits per heavy atom. The molecule has 0 saturated carbocycles. The predicted molar refractivity (Wildman–Crippen MR) is 70.0 cm³/mol. The molecular weight excluding hydrogens is 208 g/mol. The zero-order chi connectivity index (χ0) is 11.5. The van der Waals surface area contributed by atoms with Crippen molar-refractivity contribution in [3.63, 3.8) is 0 Å². The first kappa shape index (κ1) is 10.3. The normalized spacial score (nSPS) is 19.5. The average molecular weight is 224 g/mol. The van der Waals surface area contributed by atoms with Crippen LogP contribution in [-0.2, 0) is 0 Å². The maximum absolute atomic E-state index is 4.10. The first-order chi connectivity index (χ1) is 8.45.